The fourth-order valence-corrected chi connectivity index (χ4v) is 2.20. The number of hydrogen-bond acceptors (Lipinski definition) is 4. The highest BCUT2D eigenvalue weighted by atomic mass is 32.2. The van der Waals surface area contributed by atoms with Gasteiger partial charge >= 0.3 is 0 Å². The molecule has 3 nitrogen and oxygen atoms in total. The van der Waals surface area contributed by atoms with E-state index in [0.29, 0.717) is 11.3 Å². The van der Waals surface area contributed by atoms with Crippen molar-refractivity contribution in [2.45, 2.75) is 31.0 Å². The molecule has 0 aliphatic heterocycles. The lowest BCUT2D eigenvalue weighted by atomic mass is 10.1. The zero-order valence-corrected chi connectivity index (χ0v) is 11.1. The predicted octanol–water partition coefficient (Wildman–Crippen LogP) is 2.57. The van der Waals surface area contributed by atoms with Gasteiger partial charge in [-0.1, -0.05) is 13.0 Å². The van der Waals surface area contributed by atoms with Crippen molar-refractivity contribution < 1.29 is 9.84 Å². The Hall–Kier alpha value is -1.18. The van der Waals surface area contributed by atoms with E-state index in [1.165, 1.54) is 0 Å². The number of aliphatic hydroxyl groups excluding tert-OH is 1. The average molecular weight is 251 g/mol. The zero-order valence-electron chi connectivity index (χ0n) is 10.3. The molecule has 17 heavy (non-hydrogen) atoms. The minimum absolute atomic E-state index is 0.191. The number of nitrogens with zero attached hydrogens (tertiary/aromatic N) is 1. The van der Waals surface area contributed by atoms with E-state index in [1.54, 1.807) is 31.9 Å². The summed E-state index contributed by atoms with van der Waals surface area (Å²) in [6, 6.07) is 7.65. The molecule has 1 N–H and O–H groups in total. The molecule has 0 heterocycles. The highest BCUT2D eigenvalue weighted by Crippen LogP contribution is 2.24. The van der Waals surface area contributed by atoms with E-state index in [2.05, 4.69) is 6.07 Å². The van der Waals surface area contributed by atoms with E-state index in [1.807, 2.05) is 19.1 Å². The van der Waals surface area contributed by atoms with E-state index < -0.39 is 0 Å². The van der Waals surface area contributed by atoms with Crippen molar-refractivity contribution in [3.05, 3.63) is 29.3 Å². The first-order valence-corrected chi connectivity index (χ1v) is 6.50. The summed E-state index contributed by atoms with van der Waals surface area (Å²) in [5.41, 5.74) is 1.64. The van der Waals surface area contributed by atoms with Crippen LogP contribution in [0.1, 0.15) is 25.0 Å². The third kappa shape index (κ3) is 3.95. The van der Waals surface area contributed by atoms with E-state index in [4.69, 9.17) is 10.00 Å². The van der Waals surface area contributed by atoms with Crippen molar-refractivity contribution >= 4 is 11.8 Å². The molecule has 0 spiro atoms. The van der Waals surface area contributed by atoms with Crippen LogP contribution < -0.4 is 4.74 Å². The summed E-state index contributed by atoms with van der Waals surface area (Å²) < 4.78 is 5.15. The third-order valence-electron chi connectivity index (χ3n) is 2.58. The first-order valence-electron chi connectivity index (χ1n) is 5.45. The van der Waals surface area contributed by atoms with E-state index >= 15 is 0 Å². The van der Waals surface area contributed by atoms with Gasteiger partial charge < -0.3 is 9.84 Å². The Morgan fingerprint density at radius 2 is 2.18 bits per heavy atom. The molecule has 0 radical (unpaired) electrons. The number of nitriles is 1. The van der Waals surface area contributed by atoms with Crippen molar-refractivity contribution in [3.8, 4) is 11.8 Å². The quantitative estimate of drug-likeness (QED) is 0.874. The van der Waals surface area contributed by atoms with Crippen molar-refractivity contribution in [3.63, 3.8) is 0 Å². The number of aliphatic hydroxyl groups is 1. The maximum atomic E-state index is 9.39. The Labute approximate surface area is 106 Å². The van der Waals surface area contributed by atoms with Crippen molar-refractivity contribution in [2.75, 3.05) is 7.11 Å². The Morgan fingerprint density at radius 3 is 2.71 bits per heavy atom. The van der Waals surface area contributed by atoms with Gasteiger partial charge in [0.2, 0.25) is 0 Å². The summed E-state index contributed by atoms with van der Waals surface area (Å²) in [6.45, 7) is 3.78. The Morgan fingerprint density at radius 1 is 1.47 bits per heavy atom. The standard InChI is InChI=1S/C13H17NO2S/c1-9(15)10(2)17-8-11-4-5-12(7-14)13(6-11)16-3/h4-6,9-10,15H,8H2,1-3H3. The van der Waals surface area contributed by atoms with Crippen LogP contribution in [0, 0.1) is 11.3 Å². The molecule has 2 unspecified atom stereocenters. The van der Waals surface area contributed by atoms with Crippen molar-refractivity contribution in [2.24, 2.45) is 0 Å². The fourth-order valence-electron chi connectivity index (χ4n) is 1.28. The van der Waals surface area contributed by atoms with Crippen molar-refractivity contribution in [1.29, 1.82) is 5.26 Å². The molecular weight excluding hydrogens is 234 g/mol. The van der Waals surface area contributed by atoms with Gasteiger partial charge in [0.25, 0.3) is 0 Å². The lowest BCUT2D eigenvalue weighted by Gasteiger charge is -2.14. The summed E-state index contributed by atoms with van der Waals surface area (Å²) >= 11 is 1.68. The van der Waals surface area contributed by atoms with Gasteiger partial charge in [0, 0.05) is 11.0 Å². The van der Waals surface area contributed by atoms with Crippen LogP contribution in [0.25, 0.3) is 0 Å². The highest BCUT2D eigenvalue weighted by molar-refractivity contribution is 7.99. The molecule has 92 valence electrons. The van der Waals surface area contributed by atoms with Gasteiger partial charge in [0.1, 0.15) is 11.8 Å². The molecule has 4 heteroatoms. The van der Waals surface area contributed by atoms with Crippen molar-refractivity contribution in [1.82, 2.24) is 0 Å². The summed E-state index contributed by atoms with van der Waals surface area (Å²) in [5.74, 6) is 1.41. The molecule has 0 aliphatic rings. The SMILES string of the molecule is COc1cc(CSC(C)C(C)O)ccc1C#N. The van der Waals surface area contributed by atoms with Gasteiger partial charge in [0.15, 0.2) is 0 Å². The molecular formula is C13H17NO2S. The minimum Gasteiger partial charge on any atom is -0.495 e. The van der Waals surface area contributed by atoms with Crippen LogP contribution in [0.2, 0.25) is 0 Å². The lowest BCUT2D eigenvalue weighted by Crippen LogP contribution is -2.15. The number of rotatable bonds is 5. The van der Waals surface area contributed by atoms with Gasteiger partial charge in [0.05, 0.1) is 18.8 Å². The largest absolute Gasteiger partial charge is 0.495 e. The van der Waals surface area contributed by atoms with Gasteiger partial charge in [-0.15, -0.1) is 0 Å². The molecule has 1 rings (SSSR count). The summed E-state index contributed by atoms with van der Waals surface area (Å²) in [7, 11) is 1.56. The van der Waals surface area contributed by atoms with Gasteiger partial charge in [-0.2, -0.15) is 17.0 Å². The number of ether oxygens (including phenoxy) is 1. The molecule has 0 saturated heterocycles. The first kappa shape index (κ1) is 13.9. The van der Waals surface area contributed by atoms with Crippen LogP contribution >= 0.6 is 11.8 Å². The fraction of sp³-hybridized carbons (Fsp3) is 0.462. The Bertz CT molecular complexity index is 412. The summed E-state index contributed by atoms with van der Waals surface area (Å²) in [6.07, 6.45) is -0.319. The molecule has 1 aromatic carbocycles. The normalized spacial score (nSPS) is 13.8. The topological polar surface area (TPSA) is 53.2 Å². The van der Waals surface area contributed by atoms with E-state index in [9.17, 15) is 5.11 Å². The van der Waals surface area contributed by atoms with Crippen LogP contribution in [-0.4, -0.2) is 23.6 Å². The number of methoxy groups -OCH3 is 1. The second kappa shape index (κ2) is 6.53. The van der Waals surface area contributed by atoms with Crippen LogP contribution in [0.15, 0.2) is 18.2 Å². The number of thioether (sulfide) groups is 1. The first-order chi connectivity index (χ1) is 8.08. The maximum Gasteiger partial charge on any atom is 0.136 e. The monoisotopic (exact) mass is 251 g/mol. The Balaban J connectivity index is 2.70. The second-order valence-electron chi connectivity index (χ2n) is 3.90. The van der Waals surface area contributed by atoms with Gasteiger partial charge in [-0.05, 0) is 24.6 Å². The molecule has 0 saturated carbocycles. The summed E-state index contributed by atoms with van der Waals surface area (Å²) in [5, 5.41) is 18.4. The predicted molar refractivity (Wildman–Crippen MR) is 70.1 cm³/mol. The minimum atomic E-state index is -0.319. The van der Waals surface area contributed by atoms with Crippen LogP contribution in [0.3, 0.4) is 0 Å². The highest BCUT2D eigenvalue weighted by Gasteiger charge is 2.10. The van der Waals surface area contributed by atoms with Gasteiger partial charge in [-0.3, -0.25) is 0 Å². The molecule has 0 aromatic heterocycles. The molecule has 2 atom stereocenters. The average Bonchev–Trinajstić information content (AvgIpc) is 2.35. The number of benzene rings is 1. The number of hydrogen-bond donors (Lipinski definition) is 1. The molecule has 0 amide bonds. The lowest BCUT2D eigenvalue weighted by molar-refractivity contribution is 0.196. The third-order valence-corrected chi connectivity index (χ3v) is 4.00. The summed E-state index contributed by atoms with van der Waals surface area (Å²) in [4.78, 5) is 0. The molecule has 0 fully saturated rings. The Kier molecular flexibility index (Phi) is 5.33. The zero-order chi connectivity index (χ0) is 12.8. The second-order valence-corrected chi connectivity index (χ2v) is 5.27. The molecule has 0 aliphatic carbocycles. The van der Waals surface area contributed by atoms with Crippen LogP contribution in [0.5, 0.6) is 5.75 Å². The smallest absolute Gasteiger partial charge is 0.136 e. The van der Waals surface area contributed by atoms with Crippen LogP contribution in [0.4, 0.5) is 0 Å². The van der Waals surface area contributed by atoms with Crippen LogP contribution in [-0.2, 0) is 5.75 Å². The molecule has 0 bridgehead atoms. The van der Waals surface area contributed by atoms with E-state index in [-0.39, 0.29) is 11.4 Å². The maximum absolute atomic E-state index is 9.39. The molecule has 1 aromatic rings. The van der Waals surface area contributed by atoms with Gasteiger partial charge in [-0.25, -0.2) is 0 Å². The van der Waals surface area contributed by atoms with E-state index in [0.717, 1.165) is 11.3 Å².